The maximum atomic E-state index is 4.86. The van der Waals surface area contributed by atoms with Crippen molar-refractivity contribution in [3.8, 4) is 17.1 Å². The molecular weight excluding hydrogens is 464 g/mol. The van der Waals surface area contributed by atoms with E-state index >= 15 is 0 Å². The second-order valence-electron chi connectivity index (χ2n) is 9.23. The van der Waals surface area contributed by atoms with E-state index in [4.69, 9.17) is 9.98 Å². The summed E-state index contributed by atoms with van der Waals surface area (Å²) in [5, 5.41) is 6.69. The molecule has 6 rings (SSSR count). The fourth-order valence-electron chi connectivity index (χ4n) is 4.31. The van der Waals surface area contributed by atoms with E-state index in [2.05, 4.69) is 84.3 Å². The van der Waals surface area contributed by atoms with Crippen LogP contribution in [-0.4, -0.2) is 30.8 Å². The molecule has 0 radical (unpaired) electrons. The molecular formula is C29H26N6S. The highest BCUT2D eigenvalue weighted by molar-refractivity contribution is 8.16. The smallest absolute Gasteiger partial charge is 0.181 e. The highest BCUT2D eigenvalue weighted by Crippen LogP contribution is 2.36. The number of benzene rings is 3. The van der Waals surface area contributed by atoms with Gasteiger partial charge in [-0.15, -0.1) is 5.10 Å². The van der Waals surface area contributed by atoms with Crippen LogP contribution in [0.1, 0.15) is 30.9 Å². The average molecular weight is 491 g/mol. The first kappa shape index (κ1) is 22.5. The Morgan fingerprint density at radius 3 is 2.56 bits per heavy atom. The third-order valence-corrected chi connectivity index (χ3v) is 7.29. The molecule has 0 bridgehead atoms. The first-order chi connectivity index (χ1) is 17.5. The summed E-state index contributed by atoms with van der Waals surface area (Å²) in [6.07, 6.45) is 1.75. The van der Waals surface area contributed by atoms with Gasteiger partial charge in [0.05, 0.1) is 17.1 Å². The summed E-state index contributed by atoms with van der Waals surface area (Å²) in [5.41, 5.74) is 6.63. The van der Waals surface area contributed by atoms with Gasteiger partial charge < -0.3 is 4.90 Å². The maximum Gasteiger partial charge on any atom is 0.181 e. The Hall–Kier alpha value is -3.97. The van der Waals surface area contributed by atoms with Crippen LogP contribution in [-0.2, 0) is 0 Å². The SMILES string of the molecule is Cc1ccc(-n2cnc(-c3ccc4nc(N=C5SCN5c5ccccc5C(C)C)ccc4c3)n2)cc1. The van der Waals surface area contributed by atoms with E-state index in [0.717, 1.165) is 33.2 Å². The van der Waals surface area contributed by atoms with Crippen molar-refractivity contribution in [3.05, 3.63) is 96.3 Å². The van der Waals surface area contributed by atoms with Crippen molar-refractivity contribution < 1.29 is 0 Å². The van der Waals surface area contributed by atoms with Gasteiger partial charge in [0.15, 0.2) is 16.8 Å². The summed E-state index contributed by atoms with van der Waals surface area (Å²) < 4.78 is 1.80. The fourth-order valence-corrected chi connectivity index (χ4v) is 5.07. The number of aryl methyl sites for hydroxylation is 1. The number of rotatable bonds is 5. The Morgan fingerprint density at radius 1 is 0.944 bits per heavy atom. The Morgan fingerprint density at radius 2 is 1.78 bits per heavy atom. The third kappa shape index (κ3) is 4.27. The number of pyridine rings is 1. The zero-order valence-corrected chi connectivity index (χ0v) is 21.3. The quantitative estimate of drug-likeness (QED) is 0.263. The van der Waals surface area contributed by atoms with Crippen LogP contribution in [0.5, 0.6) is 0 Å². The predicted molar refractivity (Wildman–Crippen MR) is 149 cm³/mol. The van der Waals surface area contributed by atoms with Crippen molar-refractivity contribution >= 4 is 39.3 Å². The van der Waals surface area contributed by atoms with Crippen LogP contribution in [0.4, 0.5) is 11.5 Å². The van der Waals surface area contributed by atoms with Crippen LogP contribution in [0.15, 0.2) is 90.2 Å². The lowest BCUT2D eigenvalue weighted by atomic mass is 10.0. The Bertz CT molecular complexity index is 1590. The molecule has 1 aliphatic heterocycles. The van der Waals surface area contributed by atoms with Gasteiger partial charge in [-0.2, -0.15) is 0 Å². The van der Waals surface area contributed by atoms with Crippen LogP contribution in [0, 0.1) is 6.92 Å². The van der Waals surface area contributed by atoms with E-state index in [1.807, 2.05) is 30.3 Å². The summed E-state index contributed by atoms with van der Waals surface area (Å²) in [7, 11) is 0. The van der Waals surface area contributed by atoms with Gasteiger partial charge in [0, 0.05) is 16.6 Å². The number of hydrogen-bond donors (Lipinski definition) is 0. The Labute approximate surface area is 214 Å². The zero-order chi connectivity index (χ0) is 24.6. The van der Waals surface area contributed by atoms with Gasteiger partial charge in [0.25, 0.3) is 0 Å². The molecule has 0 atom stereocenters. The summed E-state index contributed by atoms with van der Waals surface area (Å²) in [5.74, 6) is 2.76. The lowest BCUT2D eigenvalue weighted by molar-refractivity contribution is 0.862. The van der Waals surface area contributed by atoms with Gasteiger partial charge in [-0.25, -0.2) is 19.6 Å². The van der Waals surface area contributed by atoms with Crippen molar-refractivity contribution in [2.45, 2.75) is 26.7 Å². The number of aliphatic imine (C=N–C) groups is 1. The topological polar surface area (TPSA) is 59.2 Å². The van der Waals surface area contributed by atoms with Crippen LogP contribution < -0.4 is 4.90 Å². The van der Waals surface area contributed by atoms with E-state index in [1.165, 1.54) is 16.8 Å². The van der Waals surface area contributed by atoms with Crippen molar-refractivity contribution in [1.82, 2.24) is 19.7 Å². The highest BCUT2D eigenvalue weighted by Gasteiger charge is 2.27. The second kappa shape index (κ2) is 9.24. The number of para-hydroxylation sites is 1. The van der Waals surface area contributed by atoms with Crippen LogP contribution in [0.2, 0.25) is 0 Å². The Balaban J connectivity index is 1.26. The third-order valence-electron chi connectivity index (χ3n) is 6.34. The molecule has 1 saturated heterocycles. The van der Waals surface area contributed by atoms with Gasteiger partial charge in [-0.05, 0) is 66.9 Å². The summed E-state index contributed by atoms with van der Waals surface area (Å²) in [6, 6.07) is 27.0. The number of amidine groups is 1. The molecule has 7 heteroatoms. The lowest BCUT2D eigenvalue weighted by Gasteiger charge is -2.35. The summed E-state index contributed by atoms with van der Waals surface area (Å²) >= 11 is 1.75. The molecule has 1 fully saturated rings. The molecule has 0 amide bonds. The molecule has 0 saturated carbocycles. The maximum absolute atomic E-state index is 4.86. The summed E-state index contributed by atoms with van der Waals surface area (Å²) in [6.45, 7) is 6.53. The number of hydrogen-bond acceptors (Lipinski definition) is 5. The highest BCUT2D eigenvalue weighted by atomic mass is 32.2. The number of thioether (sulfide) groups is 1. The van der Waals surface area contributed by atoms with E-state index in [-0.39, 0.29) is 0 Å². The second-order valence-corrected chi connectivity index (χ2v) is 10.1. The monoisotopic (exact) mass is 490 g/mol. The minimum Gasteiger partial charge on any atom is -0.310 e. The predicted octanol–water partition coefficient (Wildman–Crippen LogP) is 7.11. The molecule has 3 heterocycles. The molecule has 178 valence electrons. The van der Waals surface area contributed by atoms with E-state index in [0.29, 0.717) is 17.6 Å². The van der Waals surface area contributed by atoms with E-state index < -0.39 is 0 Å². The molecule has 0 unspecified atom stereocenters. The average Bonchev–Trinajstić information content (AvgIpc) is 3.37. The summed E-state index contributed by atoms with van der Waals surface area (Å²) in [4.78, 5) is 16.5. The molecule has 1 aliphatic rings. The molecule has 0 N–H and O–H groups in total. The van der Waals surface area contributed by atoms with Gasteiger partial charge in [-0.1, -0.05) is 61.5 Å². The first-order valence-electron chi connectivity index (χ1n) is 12.0. The van der Waals surface area contributed by atoms with Gasteiger partial charge >= 0.3 is 0 Å². The fraction of sp³-hybridized carbons (Fsp3) is 0.172. The minimum atomic E-state index is 0.457. The number of fused-ring (bicyclic) bond motifs is 1. The number of aromatic nitrogens is 4. The van der Waals surface area contributed by atoms with Crippen molar-refractivity contribution in [2.24, 2.45) is 4.99 Å². The van der Waals surface area contributed by atoms with Crippen LogP contribution in [0.25, 0.3) is 28.0 Å². The molecule has 2 aromatic heterocycles. The standard InChI is InChI=1S/C29H26N6S/c1-19(2)24-6-4-5-7-26(24)34-18-36-29(34)32-27-15-11-21-16-22(10-14-25(21)31-27)28-30-17-35(33-28)23-12-8-20(3)9-13-23/h4-17,19H,18H2,1-3H3. The van der Waals surface area contributed by atoms with Gasteiger partial charge in [0.2, 0.25) is 0 Å². The first-order valence-corrected chi connectivity index (χ1v) is 13.0. The van der Waals surface area contributed by atoms with Gasteiger partial charge in [-0.3, -0.25) is 0 Å². The molecule has 6 nitrogen and oxygen atoms in total. The normalized spacial score (nSPS) is 14.6. The van der Waals surface area contributed by atoms with E-state index in [1.54, 1.807) is 22.8 Å². The zero-order valence-electron chi connectivity index (χ0n) is 20.5. The molecule has 0 spiro atoms. The van der Waals surface area contributed by atoms with Crippen molar-refractivity contribution in [1.29, 1.82) is 0 Å². The van der Waals surface area contributed by atoms with Crippen LogP contribution >= 0.6 is 11.8 Å². The molecule has 0 aliphatic carbocycles. The molecule has 3 aromatic carbocycles. The molecule has 5 aromatic rings. The number of anilines is 1. The number of nitrogens with zero attached hydrogens (tertiary/aromatic N) is 6. The van der Waals surface area contributed by atoms with Crippen LogP contribution in [0.3, 0.4) is 0 Å². The van der Waals surface area contributed by atoms with Crippen molar-refractivity contribution in [2.75, 3.05) is 10.8 Å². The minimum absolute atomic E-state index is 0.457. The largest absolute Gasteiger partial charge is 0.310 e. The molecule has 36 heavy (non-hydrogen) atoms. The van der Waals surface area contributed by atoms with Gasteiger partial charge in [0.1, 0.15) is 6.33 Å². The van der Waals surface area contributed by atoms with Crippen molar-refractivity contribution in [3.63, 3.8) is 0 Å². The van der Waals surface area contributed by atoms with E-state index in [9.17, 15) is 0 Å². The lowest BCUT2D eigenvalue weighted by Crippen LogP contribution is -2.39. The Kier molecular flexibility index (Phi) is 5.77.